The van der Waals surface area contributed by atoms with E-state index in [4.69, 9.17) is 0 Å². The van der Waals surface area contributed by atoms with Gasteiger partial charge in [0.15, 0.2) is 0 Å². The molecule has 0 saturated heterocycles. The molecule has 0 aliphatic carbocycles. The predicted octanol–water partition coefficient (Wildman–Crippen LogP) is 3.44. The lowest BCUT2D eigenvalue weighted by Crippen LogP contribution is -1.64. The summed E-state index contributed by atoms with van der Waals surface area (Å²) < 4.78 is 0. The van der Waals surface area contributed by atoms with E-state index in [-0.39, 0.29) is 16.0 Å². The van der Waals surface area contributed by atoms with Gasteiger partial charge in [-0.25, -0.2) is 0 Å². The highest BCUT2D eigenvalue weighted by Gasteiger charge is 1.76. The van der Waals surface area contributed by atoms with Crippen molar-refractivity contribution in [1.29, 1.82) is 0 Å². The summed E-state index contributed by atoms with van der Waals surface area (Å²) in [5.41, 5.74) is 1.12. The van der Waals surface area contributed by atoms with Gasteiger partial charge in [0.25, 0.3) is 0 Å². The molecule has 0 N–H and O–H groups in total. The Hall–Kier alpha value is 0.686. The molecule has 1 aromatic rings. The standard InChI is InChI=1S/C8H7.2BrH.Mg/c1-2-8-6-4-3-5-7-8;;;/h2-4,6-7H,1H2;2*1H;/q;;;+2/p-2. The molecule has 11 heavy (non-hydrogen) atoms. The first-order valence-electron chi connectivity index (χ1n) is 3.05. The van der Waals surface area contributed by atoms with E-state index in [1.807, 2.05) is 24.3 Å². The lowest BCUT2D eigenvalue weighted by Gasteiger charge is -1.84. The molecule has 0 bridgehead atoms. The molecule has 0 amide bonds. The summed E-state index contributed by atoms with van der Waals surface area (Å²) >= 11 is 6.44. The molecule has 0 heterocycles. The van der Waals surface area contributed by atoms with Crippen molar-refractivity contribution in [2.45, 2.75) is 0 Å². The molecule has 0 saturated carbocycles. The first kappa shape index (κ1) is 11.7. The van der Waals surface area contributed by atoms with E-state index in [1.54, 1.807) is 6.08 Å². The first-order chi connectivity index (χ1) is 5.35. The Balaban J connectivity index is 0.000000292. The molecule has 1 radical (unpaired) electrons. The maximum atomic E-state index is 3.61. The zero-order chi connectivity index (χ0) is 8.53. The molecule has 0 fully saturated rings. The van der Waals surface area contributed by atoms with Gasteiger partial charge in [-0.1, -0.05) is 30.9 Å². The molecule has 0 spiro atoms. The van der Waals surface area contributed by atoms with E-state index in [9.17, 15) is 0 Å². The molecule has 0 aromatic heterocycles. The number of hydrogen-bond acceptors (Lipinski definition) is 0. The van der Waals surface area contributed by atoms with Crippen molar-refractivity contribution >= 4 is 47.9 Å². The van der Waals surface area contributed by atoms with E-state index in [0.29, 0.717) is 0 Å². The summed E-state index contributed by atoms with van der Waals surface area (Å²) in [6, 6.07) is 10.6. The van der Waals surface area contributed by atoms with Crippen LogP contribution in [0.15, 0.2) is 30.8 Å². The number of rotatable bonds is 1. The fourth-order valence-electron chi connectivity index (χ4n) is 0.534. The molecule has 0 aliphatic rings. The van der Waals surface area contributed by atoms with Crippen LogP contribution in [0.4, 0.5) is 0 Å². The molecule has 3 heteroatoms. The minimum absolute atomic E-state index is 0.0417. The Morgan fingerprint density at radius 3 is 2.45 bits per heavy atom. The van der Waals surface area contributed by atoms with Crippen LogP contribution < -0.4 is 0 Å². The third-order valence-electron chi connectivity index (χ3n) is 0.967. The second-order valence-electron chi connectivity index (χ2n) is 1.64. The minimum atomic E-state index is 0.0417. The van der Waals surface area contributed by atoms with E-state index >= 15 is 0 Å². The molecule has 0 unspecified atom stereocenters. The van der Waals surface area contributed by atoms with Gasteiger partial charge in [-0.15, -0.1) is 0 Å². The Morgan fingerprint density at radius 2 is 2.18 bits per heavy atom. The molecule has 55 valence electrons. The van der Waals surface area contributed by atoms with Crippen molar-refractivity contribution in [3.05, 3.63) is 42.5 Å². The molecule has 0 aliphatic heterocycles. The maximum Gasteiger partial charge on any atom is 0.560 e. The average molecular weight is 287 g/mol. The lowest BCUT2D eigenvalue weighted by molar-refractivity contribution is 1.65. The van der Waals surface area contributed by atoms with E-state index in [0.717, 1.165) is 5.56 Å². The Labute approximate surface area is 89.5 Å². The molecule has 1 aromatic carbocycles. The Bertz CT molecular complexity index is 187. The van der Waals surface area contributed by atoms with Crippen molar-refractivity contribution in [3.8, 4) is 0 Å². The highest BCUT2D eigenvalue weighted by molar-refractivity contribution is 9.47. The van der Waals surface area contributed by atoms with Crippen LogP contribution in [-0.2, 0) is 0 Å². The van der Waals surface area contributed by atoms with Crippen LogP contribution in [-0.4, -0.2) is 16.0 Å². The average Bonchev–Trinajstić information content (AvgIpc) is 2.08. The fraction of sp³-hybridized carbons (Fsp3) is 0. The summed E-state index contributed by atoms with van der Waals surface area (Å²) in [7, 11) is 0. The Morgan fingerprint density at radius 1 is 1.55 bits per heavy atom. The summed E-state index contributed by atoms with van der Waals surface area (Å²) in [5.74, 6) is 0. The van der Waals surface area contributed by atoms with Gasteiger partial charge in [0, 0.05) is 0 Å². The predicted molar refractivity (Wildman–Crippen MR) is 59.0 cm³/mol. The maximum absolute atomic E-state index is 3.61. The fourth-order valence-corrected chi connectivity index (χ4v) is 0.534. The van der Waals surface area contributed by atoms with Gasteiger partial charge >= 0.3 is 16.0 Å². The van der Waals surface area contributed by atoms with Crippen LogP contribution in [0.25, 0.3) is 6.08 Å². The summed E-state index contributed by atoms with van der Waals surface area (Å²) in [4.78, 5) is 0. The summed E-state index contributed by atoms with van der Waals surface area (Å²) in [6.45, 7) is 3.61. The highest BCUT2D eigenvalue weighted by atomic mass is 79.9. The van der Waals surface area contributed by atoms with Crippen LogP contribution in [0.1, 0.15) is 5.56 Å². The molecular weight excluding hydrogens is 280 g/mol. The van der Waals surface area contributed by atoms with E-state index in [2.05, 4.69) is 38.4 Å². The van der Waals surface area contributed by atoms with Crippen molar-refractivity contribution in [1.82, 2.24) is 0 Å². The summed E-state index contributed by atoms with van der Waals surface area (Å²) in [6.07, 6.45) is 1.80. The third kappa shape index (κ3) is 7.06. The van der Waals surface area contributed by atoms with Gasteiger partial charge in [0.1, 0.15) is 0 Å². The quantitative estimate of drug-likeness (QED) is 0.694. The van der Waals surface area contributed by atoms with E-state index in [1.165, 1.54) is 0 Å². The first-order valence-corrected chi connectivity index (χ1v) is 10.9. The van der Waals surface area contributed by atoms with Crippen LogP contribution in [0.3, 0.4) is 0 Å². The van der Waals surface area contributed by atoms with Gasteiger partial charge in [-0.2, -0.15) is 0 Å². The smallest absolute Gasteiger partial charge is 0.280 e. The second-order valence-corrected chi connectivity index (χ2v) is 9.72. The number of halogens is 2. The Kier molecular flexibility index (Phi) is 9.33. The number of hydrogen-bond donors (Lipinski definition) is 0. The van der Waals surface area contributed by atoms with Gasteiger partial charge in [-0.3, -0.25) is 25.8 Å². The molecule has 0 atom stereocenters. The SMILES string of the molecule is C=Cc1c[c]ccc1.[Br][Mg][Br]. The van der Waals surface area contributed by atoms with Gasteiger partial charge in [0.05, 0.1) is 0 Å². The van der Waals surface area contributed by atoms with Crippen LogP contribution in [0.5, 0.6) is 0 Å². The largest absolute Gasteiger partial charge is 0.560 e. The van der Waals surface area contributed by atoms with Crippen LogP contribution in [0, 0.1) is 6.07 Å². The van der Waals surface area contributed by atoms with Crippen molar-refractivity contribution in [3.63, 3.8) is 0 Å². The zero-order valence-corrected chi connectivity index (χ0v) is 10.6. The van der Waals surface area contributed by atoms with Crippen LogP contribution in [0.2, 0.25) is 0 Å². The summed E-state index contributed by atoms with van der Waals surface area (Å²) in [5, 5.41) is 0. The van der Waals surface area contributed by atoms with Gasteiger partial charge < -0.3 is 0 Å². The van der Waals surface area contributed by atoms with Crippen molar-refractivity contribution in [2.24, 2.45) is 0 Å². The molecular formula is C8H7Br2Mg. The van der Waals surface area contributed by atoms with Crippen molar-refractivity contribution < 1.29 is 0 Å². The monoisotopic (exact) mass is 285 g/mol. The zero-order valence-electron chi connectivity index (χ0n) is 6.06. The minimum Gasteiger partial charge on any atom is -0.280 e. The van der Waals surface area contributed by atoms with Gasteiger partial charge in [-0.05, 0) is 17.7 Å². The normalized spacial score (nSPS) is 7.09. The van der Waals surface area contributed by atoms with Crippen LogP contribution >= 0.6 is 25.8 Å². The third-order valence-corrected chi connectivity index (χ3v) is 0.967. The van der Waals surface area contributed by atoms with Crippen molar-refractivity contribution in [2.75, 3.05) is 0 Å². The topological polar surface area (TPSA) is 0 Å². The molecule has 0 nitrogen and oxygen atoms in total. The number of benzene rings is 1. The highest BCUT2D eigenvalue weighted by Crippen LogP contribution is 1.96. The van der Waals surface area contributed by atoms with E-state index < -0.39 is 0 Å². The second kappa shape index (κ2) is 8.78. The van der Waals surface area contributed by atoms with Gasteiger partial charge in [0.2, 0.25) is 0 Å². The lowest BCUT2D eigenvalue weighted by atomic mass is 10.2. The molecule has 1 rings (SSSR count).